The largest absolute Gasteiger partial charge is 0.493 e. The minimum absolute atomic E-state index is 0.0291. The van der Waals surface area contributed by atoms with Gasteiger partial charge in [-0.2, -0.15) is 10.4 Å². The average Bonchev–Trinajstić information content (AvgIpc) is 2.99. The van der Waals surface area contributed by atoms with Gasteiger partial charge in [0.15, 0.2) is 11.6 Å². The zero-order chi connectivity index (χ0) is 17.9. The molecule has 0 bridgehead atoms. The number of nitriles is 1. The topological polar surface area (TPSA) is 147 Å². The molecule has 0 aliphatic heterocycles. The Bertz CT molecular complexity index is 897. The Kier molecular flexibility index (Phi) is 4.91. The van der Waals surface area contributed by atoms with Crippen molar-refractivity contribution in [2.45, 2.75) is 0 Å². The minimum atomic E-state index is -0.655. The number of anilines is 1. The van der Waals surface area contributed by atoms with E-state index in [1.807, 2.05) is 0 Å². The number of carbonyl (C=O) groups is 1. The number of hydrazone groups is 1. The Hall–Kier alpha value is -3.25. The first-order valence-electron chi connectivity index (χ1n) is 6.39. The molecule has 0 spiro atoms. The number of amidine groups is 1. The van der Waals surface area contributed by atoms with Crippen molar-refractivity contribution in [2.24, 2.45) is 10.8 Å². The number of nitrogens with zero attached hydrogens (tertiary/aromatic N) is 2. The molecule has 1 aromatic heterocycles. The highest BCUT2D eigenvalue weighted by molar-refractivity contribution is 6.46. The normalized spacial score (nSPS) is 11.0. The zero-order valence-corrected chi connectivity index (χ0v) is 13.4. The Morgan fingerprint density at radius 1 is 1.50 bits per heavy atom. The zero-order valence-electron chi connectivity index (χ0n) is 12.6. The van der Waals surface area contributed by atoms with Gasteiger partial charge in [0.1, 0.15) is 17.3 Å². The van der Waals surface area contributed by atoms with Gasteiger partial charge in [-0.15, -0.1) is 0 Å². The van der Waals surface area contributed by atoms with Gasteiger partial charge in [0, 0.05) is 17.5 Å². The van der Waals surface area contributed by atoms with Gasteiger partial charge in [0.2, 0.25) is 11.5 Å². The van der Waals surface area contributed by atoms with Crippen molar-refractivity contribution in [2.75, 3.05) is 19.6 Å². The van der Waals surface area contributed by atoms with E-state index in [0.29, 0.717) is 5.39 Å². The Balaban J connectivity index is 2.56. The quantitative estimate of drug-likeness (QED) is 0.324. The van der Waals surface area contributed by atoms with E-state index in [2.05, 4.69) is 15.3 Å². The molecule has 9 nitrogen and oxygen atoms in total. The molecule has 0 saturated carbocycles. The summed E-state index contributed by atoms with van der Waals surface area (Å²) < 4.78 is 15.2. The number of nitrogens with two attached hydrogens (primary N) is 1. The molecule has 0 aliphatic rings. The van der Waals surface area contributed by atoms with Crippen molar-refractivity contribution >= 4 is 45.8 Å². The lowest BCUT2D eigenvalue weighted by Crippen LogP contribution is -2.21. The van der Waals surface area contributed by atoms with Crippen LogP contribution in [0.3, 0.4) is 0 Å². The van der Waals surface area contributed by atoms with Crippen molar-refractivity contribution in [1.82, 2.24) is 0 Å². The predicted molar refractivity (Wildman–Crippen MR) is 87.7 cm³/mol. The van der Waals surface area contributed by atoms with Crippen molar-refractivity contribution in [3.8, 4) is 11.8 Å². The fourth-order valence-corrected chi connectivity index (χ4v) is 2.19. The summed E-state index contributed by atoms with van der Waals surface area (Å²) in [5.41, 5.74) is 7.98. The maximum Gasteiger partial charge on any atom is 0.373 e. The summed E-state index contributed by atoms with van der Waals surface area (Å²) in [6.07, 6.45) is 0. The summed E-state index contributed by atoms with van der Waals surface area (Å²) in [5, 5.41) is 20.4. The summed E-state index contributed by atoms with van der Waals surface area (Å²) in [7, 11) is 2.62. The highest BCUT2D eigenvalue weighted by Gasteiger charge is 2.19. The number of ether oxygens (including phenoxy) is 2. The molecule has 1 aromatic carbocycles. The highest BCUT2D eigenvalue weighted by atomic mass is 35.5. The molecule has 2 aromatic rings. The maximum atomic E-state index is 11.6. The van der Waals surface area contributed by atoms with Crippen LogP contribution in [-0.2, 0) is 4.74 Å². The standard InChI is InChI=1S/C14H12ClN5O4/c1-22-12-7(19-20-8(5-16)13(17)18)4-9-6(11(12)15)3-10(24-9)14(21)23-2/h3-4,19H,1-2H3,(H3,17,18)/b20-8+. The number of halogens is 1. The number of fused-ring (bicyclic) bond motifs is 1. The van der Waals surface area contributed by atoms with E-state index in [1.165, 1.54) is 26.4 Å². The number of benzene rings is 1. The number of nitrogens with one attached hydrogen (secondary N) is 2. The monoisotopic (exact) mass is 349 g/mol. The van der Waals surface area contributed by atoms with Crippen LogP contribution in [0.25, 0.3) is 11.0 Å². The van der Waals surface area contributed by atoms with E-state index in [9.17, 15) is 4.79 Å². The first-order chi connectivity index (χ1) is 11.4. The average molecular weight is 350 g/mol. The molecule has 0 saturated heterocycles. The van der Waals surface area contributed by atoms with E-state index >= 15 is 0 Å². The molecule has 0 aliphatic carbocycles. The predicted octanol–water partition coefficient (Wildman–Crippen LogP) is 2.11. The lowest BCUT2D eigenvalue weighted by atomic mass is 10.2. The van der Waals surface area contributed by atoms with Crippen LogP contribution in [0, 0.1) is 16.7 Å². The van der Waals surface area contributed by atoms with E-state index in [1.54, 1.807) is 6.07 Å². The molecule has 2 rings (SSSR count). The van der Waals surface area contributed by atoms with Crippen LogP contribution in [0.1, 0.15) is 10.6 Å². The van der Waals surface area contributed by atoms with Gasteiger partial charge >= 0.3 is 5.97 Å². The fourth-order valence-electron chi connectivity index (χ4n) is 1.87. The first kappa shape index (κ1) is 17.1. The van der Waals surface area contributed by atoms with Crippen LogP contribution in [0.15, 0.2) is 21.7 Å². The molecule has 1 heterocycles. The van der Waals surface area contributed by atoms with Crippen molar-refractivity contribution in [3.63, 3.8) is 0 Å². The number of methoxy groups -OCH3 is 2. The van der Waals surface area contributed by atoms with E-state index < -0.39 is 11.8 Å². The molecule has 4 N–H and O–H groups in total. The smallest absolute Gasteiger partial charge is 0.373 e. The first-order valence-corrected chi connectivity index (χ1v) is 6.77. The molecule has 0 amide bonds. The molecule has 0 fully saturated rings. The number of furan rings is 1. The van der Waals surface area contributed by atoms with Crippen LogP contribution in [0.4, 0.5) is 5.69 Å². The third-order valence-electron chi connectivity index (χ3n) is 2.96. The van der Waals surface area contributed by atoms with Crippen LogP contribution in [-0.4, -0.2) is 31.7 Å². The minimum Gasteiger partial charge on any atom is -0.493 e. The number of hydrogen-bond donors (Lipinski definition) is 3. The Labute approximate surface area is 141 Å². The number of esters is 1. The van der Waals surface area contributed by atoms with Gasteiger partial charge in [0.25, 0.3) is 0 Å². The Morgan fingerprint density at radius 2 is 2.21 bits per heavy atom. The summed E-state index contributed by atoms with van der Waals surface area (Å²) in [5.74, 6) is -0.969. The van der Waals surface area contributed by atoms with Gasteiger partial charge in [-0.3, -0.25) is 10.8 Å². The van der Waals surface area contributed by atoms with Crippen molar-refractivity contribution in [1.29, 1.82) is 10.7 Å². The number of carbonyl (C=O) groups excluding carboxylic acids is 1. The summed E-state index contributed by atoms with van der Waals surface area (Å²) in [4.78, 5) is 11.6. The number of rotatable bonds is 5. The van der Waals surface area contributed by atoms with E-state index in [4.69, 9.17) is 37.2 Å². The van der Waals surface area contributed by atoms with Crippen LogP contribution >= 0.6 is 11.6 Å². The highest BCUT2D eigenvalue weighted by Crippen LogP contribution is 2.41. The van der Waals surface area contributed by atoms with Gasteiger partial charge in [-0.05, 0) is 0 Å². The van der Waals surface area contributed by atoms with Gasteiger partial charge in [-0.1, -0.05) is 11.6 Å². The maximum absolute atomic E-state index is 11.6. The fraction of sp³-hybridized carbons (Fsp3) is 0.143. The van der Waals surface area contributed by atoms with Crippen LogP contribution in [0.5, 0.6) is 5.75 Å². The SMILES string of the molecule is COC(=O)c1cc2c(Cl)c(OC)c(N/N=C(\C#N)C(=N)N)cc2o1. The van der Waals surface area contributed by atoms with Gasteiger partial charge in [-0.25, -0.2) is 4.79 Å². The van der Waals surface area contributed by atoms with Crippen molar-refractivity contribution in [3.05, 3.63) is 22.9 Å². The lowest BCUT2D eigenvalue weighted by Gasteiger charge is -2.10. The molecular weight excluding hydrogens is 338 g/mol. The third kappa shape index (κ3) is 3.09. The Morgan fingerprint density at radius 3 is 2.75 bits per heavy atom. The van der Waals surface area contributed by atoms with Crippen LogP contribution in [0.2, 0.25) is 5.02 Å². The van der Waals surface area contributed by atoms with E-state index in [-0.39, 0.29) is 33.5 Å². The molecular formula is C14H12ClN5O4. The second-order valence-electron chi connectivity index (χ2n) is 4.38. The number of hydrogen-bond acceptors (Lipinski definition) is 8. The van der Waals surface area contributed by atoms with Gasteiger partial charge in [0.05, 0.1) is 19.2 Å². The third-order valence-corrected chi connectivity index (χ3v) is 3.33. The van der Waals surface area contributed by atoms with Crippen LogP contribution < -0.4 is 15.9 Å². The van der Waals surface area contributed by atoms with Gasteiger partial charge < -0.3 is 19.6 Å². The van der Waals surface area contributed by atoms with E-state index in [0.717, 1.165) is 0 Å². The molecule has 124 valence electrons. The lowest BCUT2D eigenvalue weighted by molar-refractivity contribution is 0.0567. The summed E-state index contributed by atoms with van der Waals surface area (Å²) in [6, 6.07) is 4.57. The summed E-state index contributed by atoms with van der Waals surface area (Å²) >= 11 is 6.26. The molecule has 0 atom stereocenters. The summed E-state index contributed by atoms with van der Waals surface area (Å²) in [6.45, 7) is 0. The second kappa shape index (κ2) is 6.89. The molecule has 24 heavy (non-hydrogen) atoms. The van der Waals surface area contributed by atoms with Crippen molar-refractivity contribution < 1.29 is 18.7 Å². The molecule has 10 heteroatoms. The molecule has 0 radical (unpaired) electrons. The second-order valence-corrected chi connectivity index (χ2v) is 4.76. The molecule has 0 unspecified atom stereocenters.